The quantitative estimate of drug-likeness (QED) is 0.747. The van der Waals surface area contributed by atoms with Crippen LogP contribution in [0.3, 0.4) is 0 Å². The van der Waals surface area contributed by atoms with Crippen molar-refractivity contribution < 1.29 is 0 Å². The van der Waals surface area contributed by atoms with E-state index in [2.05, 4.69) is 58.1 Å². The van der Waals surface area contributed by atoms with Crippen molar-refractivity contribution in [2.45, 2.75) is 72.8 Å². The molecule has 1 saturated carbocycles. The summed E-state index contributed by atoms with van der Waals surface area (Å²) in [7, 11) is 0. The van der Waals surface area contributed by atoms with Gasteiger partial charge in [-0.05, 0) is 75.0 Å². The van der Waals surface area contributed by atoms with E-state index in [1.54, 1.807) is 0 Å². The van der Waals surface area contributed by atoms with Gasteiger partial charge in [0.1, 0.15) is 0 Å². The van der Waals surface area contributed by atoms with E-state index in [1.807, 2.05) is 0 Å². The smallest absolute Gasteiger partial charge is 0.0351 e. The van der Waals surface area contributed by atoms with Gasteiger partial charge in [0.15, 0.2) is 0 Å². The molecule has 0 spiro atoms. The van der Waals surface area contributed by atoms with E-state index in [4.69, 9.17) is 0 Å². The van der Waals surface area contributed by atoms with Crippen molar-refractivity contribution in [2.75, 3.05) is 6.54 Å². The molecule has 1 aliphatic carbocycles. The van der Waals surface area contributed by atoms with Crippen LogP contribution in [0.2, 0.25) is 0 Å². The van der Waals surface area contributed by atoms with E-state index in [0.29, 0.717) is 11.5 Å². The fourth-order valence-corrected chi connectivity index (χ4v) is 3.68. The Balaban J connectivity index is 2.20. The molecule has 1 atom stereocenters. The van der Waals surface area contributed by atoms with E-state index < -0.39 is 0 Å². The van der Waals surface area contributed by atoms with Crippen molar-refractivity contribution in [1.29, 1.82) is 0 Å². The summed E-state index contributed by atoms with van der Waals surface area (Å²) in [5, 5.41) is 3.85. The Kier molecular flexibility index (Phi) is 5.48. The Bertz CT molecular complexity index is 451. The monoisotopic (exact) mass is 287 g/mol. The Morgan fingerprint density at radius 3 is 2.48 bits per heavy atom. The zero-order valence-electron chi connectivity index (χ0n) is 14.6. The average Bonchev–Trinajstić information content (AvgIpc) is 2.44. The number of rotatable bonds is 5. The fraction of sp³-hybridized carbons (Fsp3) is 0.700. The van der Waals surface area contributed by atoms with Crippen molar-refractivity contribution >= 4 is 0 Å². The highest BCUT2D eigenvalue weighted by Crippen LogP contribution is 2.43. The van der Waals surface area contributed by atoms with E-state index >= 15 is 0 Å². The number of hydrogen-bond acceptors (Lipinski definition) is 1. The second-order valence-corrected chi connectivity index (χ2v) is 7.79. The van der Waals surface area contributed by atoms with Gasteiger partial charge < -0.3 is 5.32 Å². The first kappa shape index (κ1) is 16.5. The minimum Gasteiger partial charge on any atom is -0.310 e. The molecule has 1 heteroatoms. The zero-order valence-corrected chi connectivity index (χ0v) is 14.6. The first-order valence-electron chi connectivity index (χ1n) is 8.73. The molecule has 1 fully saturated rings. The van der Waals surface area contributed by atoms with Crippen LogP contribution in [-0.4, -0.2) is 6.54 Å². The molecule has 2 rings (SSSR count). The molecule has 1 aromatic rings. The predicted octanol–water partition coefficient (Wildman–Crippen LogP) is 5.56. The van der Waals surface area contributed by atoms with Gasteiger partial charge >= 0.3 is 0 Å². The van der Waals surface area contributed by atoms with Crippen LogP contribution in [-0.2, 0) is 0 Å². The molecule has 118 valence electrons. The van der Waals surface area contributed by atoms with Gasteiger partial charge in [0.25, 0.3) is 0 Å². The van der Waals surface area contributed by atoms with Crippen LogP contribution in [0.5, 0.6) is 0 Å². The minimum absolute atomic E-state index is 0.543. The molecule has 1 aromatic carbocycles. The van der Waals surface area contributed by atoms with Crippen LogP contribution in [0.15, 0.2) is 18.2 Å². The normalized spacial score (nSPS) is 20.4. The van der Waals surface area contributed by atoms with Gasteiger partial charge in [-0.2, -0.15) is 0 Å². The lowest BCUT2D eigenvalue weighted by Gasteiger charge is -2.39. The molecule has 1 nitrogen and oxygen atoms in total. The van der Waals surface area contributed by atoms with Gasteiger partial charge in [0.05, 0.1) is 0 Å². The molecule has 0 bridgehead atoms. The van der Waals surface area contributed by atoms with Crippen LogP contribution in [0.4, 0.5) is 0 Å². The number of aryl methyl sites for hydroxylation is 2. The molecule has 21 heavy (non-hydrogen) atoms. The third kappa shape index (κ3) is 4.32. The number of benzene rings is 1. The summed E-state index contributed by atoms with van der Waals surface area (Å²) >= 11 is 0. The lowest BCUT2D eigenvalue weighted by molar-refractivity contribution is 0.161. The molecule has 0 heterocycles. The molecule has 0 saturated heterocycles. The average molecular weight is 287 g/mol. The van der Waals surface area contributed by atoms with E-state index in [-0.39, 0.29) is 0 Å². The maximum absolute atomic E-state index is 3.85. The first-order valence-corrected chi connectivity index (χ1v) is 8.73. The Labute approximate surface area is 131 Å². The van der Waals surface area contributed by atoms with E-state index in [0.717, 1.165) is 12.5 Å². The van der Waals surface area contributed by atoms with Crippen LogP contribution in [0, 0.1) is 25.2 Å². The van der Waals surface area contributed by atoms with Gasteiger partial charge in [-0.3, -0.25) is 0 Å². The second kappa shape index (κ2) is 6.96. The summed E-state index contributed by atoms with van der Waals surface area (Å²) in [5.41, 5.74) is 4.91. The third-order valence-corrected chi connectivity index (χ3v) is 5.24. The topological polar surface area (TPSA) is 12.0 Å². The van der Waals surface area contributed by atoms with Crippen molar-refractivity contribution in [2.24, 2.45) is 11.3 Å². The molecule has 1 unspecified atom stereocenters. The van der Waals surface area contributed by atoms with Crippen LogP contribution in [0.1, 0.15) is 75.6 Å². The maximum atomic E-state index is 3.85. The van der Waals surface area contributed by atoms with Crippen molar-refractivity contribution in [1.82, 2.24) is 5.32 Å². The van der Waals surface area contributed by atoms with Gasteiger partial charge in [-0.25, -0.2) is 0 Å². The van der Waals surface area contributed by atoms with Gasteiger partial charge in [0, 0.05) is 6.04 Å². The van der Waals surface area contributed by atoms with Gasteiger partial charge in [-0.1, -0.05) is 44.5 Å². The van der Waals surface area contributed by atoms with E-state index in [1.165, 1.54) is 48.8 Å². The lowest BCUT2D eigenvalue weighted by atomic mass is 9.70. The summed E-state index contributed by atoms with van der Waals surface area (Å²) in [4.78, 5) is 0. The Morgan fingerprint density at radius 1 is 1.19 bits per heavy atom. The summed E-state index contributed by atoms with van der Waals surface area (Å²) in [5.74, 6) is 0.796. The third-order valence-electron chi connectivity index (χ3n) is 5.24. The lowest BCUT2D eigenvalue weighted by Crippen LogP contribution is -2.33. The molecule has 0 aliphatic heterocycles. The van der Waals surface area contributed by atoms with Crippen molar-refractivity contribution in [3.63, 3.8) is 0 Å². The Morgan fingerprint density at radius 2 is 1.86 bits per heavy atom. The fourth-order valence-electron chi connectivity index (χ4n) is 3.68. The molecular formula is C20H33N. The van der Waals surface area contributed by atoms with Gasteiger partial charge in [-0.15, -0.1) is 0 Å². The largest absolute Gasteiger partial charge is 0.310 e. The highest BCUT2D eigenvalue weighted by Gasteiger charge is 2.32. The molecular weight excluding hydrogens is 254 g/mol. The van der Waals surface area contributed by atoms with Crippen LogP contribution < -0.4 is 5.32 Å². The molecule has 1 N–H and O–H groups in total. The summed E-state index contributed by atoms with van der Waals surface area (Å²) < 4.78 is 0. The highest BCUT2D eigenvalue weighted by molar-refractivity contribution is 5.33. The summed E-state index contributed by atoms with van der Waals surface area (Å²) in [6.07, 6.45) is 6.67. The summed E-state index contributed by atoms with van der Waals surface area (Å²) in [6.45, 7) is 12.7. The molecule has 0 amide bonds. The van der Waals surface area contributed by atoms with E-state index in [9.17, 15) is 0 Å². The van der Waals surface area contributed by atoms with Crippen LogP contribution >= 0.6 is 0 Å². The van der Waals surface area contributed by atoms with Gasteiger partial charge in [0.2, 0.25) is 0 Å². The second-order valence-electron chi connectivity index (χ2n) is 7.79. The zero-order chi connectivity index (χ0) is 15.5. The Hall–Kier alpha value is -0.820. The van der Waals surface area contributed by atoms with Crippen molar-refractivity contribution in [3.05, 3.63) is 34.9 Å². The molecule has 0 aromatic heterocycles. The SMILES string of the molecule is CCCNC(c1cc(C)ccc1C)C1CCC(C)(C)CC1. The number of hydrogen-bond donors (Lipinski definition) is 1. The minimum atomic E-state index is 0.543. The van der Waals surface area contributed by atoms with Crippen LogP contribution in [0.25, 0.3) is 0 Å². The molecule has 1 aliphatic rings. The number of nitrogens with one attached hydrogen (secondary N) is 1. The van der Waals surface area contributed by atoms with Crippen molar-refractivity contribution in [3.8, 4) is 0 Å². The maximum Gasteiger partial charge on any atom is 0.0351 e. The standard InChI is InChI=1S/C20H33N/c1-6-13-21-19(17-9-11-20(4,5)12-10-17)18-14-15(2)7-8-16(18)3/h7-8,14,17,19,21H,6,9-13H2,1-5H3. The summed E-state index contributed by atoms with van der Waals surface area (Å²) in [6, 6.07) is 7.47. The first-order chi connectivity index (χ1) is 9.93. The highest BCUT2D eigenvalue weighted by atomic mass is 14.9. The molecule has 0 radical (unpaired) electrons. The predicted molar refractivity (Wildman–Crippen MR) is 92.7 cm³/mol.